The summed E-state index contributed by atoms with van der Waals surface area (Å²) in [5, 5.41) is 0. The lowest BCUT2D eigenvalue weighted by Gasteiger charge is -1.98. The second-order valence-corrected chi connectivity index (χ2v) is 7.75. The van der Waals surface area contributed by atoms with Gasteiger partial charge in [-0.1, -0.05) is 68.4 Å². The minimum atomic E-state index is -3.28. The molecule has 25 heavy (non-hydrogen) atoms. The number of hydrogen-bond acceptors (Lipinski definition) is 3. The van der Waals surface area contributed by atoms with Gasteiger partial charge in [0, 0.05) is 0 Å². The number of unbranched alkanes of at least 4 members (excludes halogenated alkanes) is 5. The Kier molecular flexibility index (Phi) is 16.9. The van der Waals surface area contributed by atoms with Gasteiger partial charge >= 0.3 is 0 Å². The summed E-state index contributed by atoms with van der Waals surface area (Å²) in [6, 6.07) is 0. The van der Waals surface area contributed by atoms with Gasteiger partial charge in [0.1, 0.15) is 0 Å². The molecule has 0 atom stereocenters. The summed E-state index contributed by atoms with van der Waals surface area (Å²) in [7, 11) is -3.28. The molecule has 0 spiro atoms. The predicted octanol–water partition coefficient (Wildman–Crippen LogP) is 6.11. The van der Waals surface area contributed by atoms with E-state index in [9.17, 15) is 8.42 Å². The lowest BCUT2D eigenvalue weighted by atomic mass is 10.2. The predicted molar refractivity (Wildman–Crippen MR) is 109 cm³/mol. The van der Waals surface area contributed by atoms with Crippen molar-refractivity contribution in [3.8, 4) is 0 Å². The summed E-state index contributed by atoms with van der Waals surface area (Å²) in [6.07, 6.45) is 29.5. The van der Waals surface area contributed by atoms with Crippen LogP contribution in [-0.2, 0) is 14.3 Å². The molecule has 144 valence electrons. The molecule has 0 aromatic rings. The van der Waals surface area contributed by atoms with Gasteiger partial charge in [-0.05, 0) is 51.4 Å². The van der Waals surface area contributed by atoms with E-state index in [0.717, 1.165) is 44.8 Å². The highest BCUT2D eigenvalue weighted by molar-refractivity contribution is 7.85. The minimum Gasteiger partial charge on any atom is -0.270 e. The Balaban J connectivity index is 3.43. The van der Waals surface area contributed by atoms with E-state index < -0.39 is 10.1 Å². The van der Waals surface area contributed by atoms with Crippen LogP contribution >= 0.6 is 0 Å². The zero-order valence-corrected chi connectivity index (χ0v) is 16.8. The van der Waals surface area contributed by atoms with Crippen LogP contribution in [-0.4, -0.2) is 21.3 Å². The molecule has 0 N–H and O–H groups in total. The number of allylic oxidation sites excluding steroid dienone is 8. The quantitative estimate of drug-likeness (QED) is 0.187. The van der Waals surface area contributed by atoms with Crippen molar-refractivity contribution in [2.45, 2.75) is 71.1 Å². The van der Waals surface area contributed by atoms with E-state index in [1.54, 1.807) is 0 Å². The van der Waals surface area contributed by atoms with Gasteiger partial charge in [-0.3, -0.25) is 4.18 Å². The van der Waals surface area contributed by atoms with E-state index in [1.165, 1.54) is 25.7 Å². The highest BCUT2D eigenvalue weighted by Gasteiger charge is 1.99. The van der Waals surface area contributed by atoms with Crippen molar-refractivity contribution < 1.29 is 12.6 Å². The second-order valence-electron chi connectivity index (χ2n) is 6.11. The fraction of sp³-hybridized carbons (Fsp3) is 0.619. The summed E-state index contributed by atoms with van der Waals surface area (Å²) in [6.45, 7) is 2.52. The normalized spacial score (nSPS) is 13.2. The first-order valence-corrected chi connectivity index (χ1v) is 11.3. The molecule has 0 aliphatic carbocycles. The third-order valence-corrected chi connectivity index (χ3v) is 4.11. The van der Waals surface area contributed by atoms with Gasteiger partial charge in [-0.25, -0.2) is 0 Å². The molecule has 0 fully saturated rings. The van der Waals surface area contributed by atoms with Crippen molar-refractivity contribution in [3.05, 3.63) is 48.6 Å². The van der Waals surface area contributed by atoms with E-state index in [-0.39, 0.29) is 6.61 Å². The van der Waals surface area contributed by atoms with Crippen LogP contribution in [0.25, 0.3) is 0 Å². The van der Waals surface area contributed by atoms with Crippen LogP contribution in [0, 0.1) is 0 Å². The Morgan fingerprint density at radius 2 is 1.12 bits per heavy atom. The largest absolute Gasteiger partial charge is 0.270 e. The molecular weight excluding hydrogens is 332 g/mol. The maximum atomic E-state index is 10.8. The lowest BCUT2D eigenvalue weighted by Crippen LogP contribution is -2.03. The molecule has 0 saturated heterocycles. The van der Waals surface area contributed by atoms with E-state index in [0.29, 0.717) is 0 Å². The van der Waals surface area contributed by atoms with Crippen molar-refractivity contribution in [2.24, 2.45) is 0 Å². The third kappa shape index (κ3) is 22.9. The molecule has 4 heteroatoms. The first-order valence-electron chi connectivity index (χ1n) is 9.50. The van der Waals surface area contributed by atoms with Crippen LogP contribution in [0.2, 0.25) is 0 Å². The first kappa shape index (κ1) is 23.9. The van der Waals surface area contributed by atoms with Crippen molar-refractivity contribution in [1.82, 2.24) is 0 Å². The maximum Gasteiger partial charge on any atom is 0.264 e. The van der Waals surface area contributed by atoms with Crippen LogP contribution in [0.4, 0.5) is 0 Å². The molecule has 0 unspecified atom stereocenters. The SMILES string of the molecule is CCCCC/C=C/C/C=C/C/C=C/C/C=C/CCCCOS(C)(=O)=O. The average molecular weight is 369 g/mol. The molecule has 3 nitrogen and oxygen atoms in total. The lowest BCUT2D eigenvalue weighted by molar-refractivity contribution is 0.312. The van der Waals surface area contributed by atoms with Crippen molar-refractivity contribution in [1.29, 1.82) is 0 Å². The zero-order valence-electron chi connectivity index (χ0n) is 16.0. The Hall–Kier alpha value is -1.13. The molecule has 0 rings (SSSR count). The molecule has 0 radical (unpaired) electrons. The molecule has 0 aliphatic rings. The summed E-state index contributed by atoms with van der Waals surface area (Å²) < 4.78 is 26.2. The molecule has 0 aromatic heterocycles. The Morgan fingerprint density at radius 1 is 0.680 bits per heavy atom. The summed E-state index contributed by atoms with van der Waals surface area (Å²) in [4.78, 5) is 0. The van der Waals surface area contributed by atoms with E-state index in [2.05, 4.69) is 59.7 Å². The fourth-order valence-corrected chi connectivity index (χ4v) is 2.56. The minimum absolute atomic E-state index is 0.285. The van der Waals surface area contributed by atoms with E-state index in [1.807, 2.05) is 0 Å². The van der Waals surface area contributed by atoms with Crippen molar-refractivity contribution in [2.75, 3.05) is 12.9 Å². The summed E-state index contributed by atoms with van der Waals surface area (Å²) >= 11 is 0. The van der Waals surface area contributed by atoms with Gasteiger partial charge in [-0.15, -0.1) is 0 Å². The molecule has 0 aliphatic heterocycles. The van der Waals surface area contributed by atoms with E-state index >= 15 is 0 Å². The highest BCUT2D eigenvalue weighted by Crippen LogP contribution is 2.02. The topological polar surface area (TPSA) is 43.4 Å². The van der Waals surface area contributed by atoms with Crippen LogP contribution < -0.4 is 0 Å². The van der Waals surface area contributed by atoms with Crippen LogP contribution in [0.5, 0.6) is 0 Å². The Bertz CT molecular complexity index is 499. The highest BCUT2D eigenvalue weighted by atomic mass is 32.2. The molecule has 0 heterocycles. The van der Waals surface area contributed by atoms with Crippen LogP contribution in [0.3, 0.4) is 0 Å². The van der Waals surface area contributed by atoms with E-state index in [4.69, 9.17) is 0 Å². The van der Waals surface area contributed by atoms with Gasteiger partial charge in [-0.2, -0.15) is 8.42 Å². The monoisotopic (exact) mass is 368 g/mol. The van der Waals surface area contributed by atoms with Crippen molar-refractivity contribution in [3.63, 3.8) is 0 Å². The molecular formula is C21H36O3S. The Labute approximate surface area is 155 Å². The number of hydrogen-bond donors (Lipinski definition) is 0. The fourth-order valence-electron chi connectivity index (χ4n) is 2.14. The Morgan fingerprint density at radius 3 is 1.56 bits per heavy atom. The van der Waals surface area contributed by atoms with Gasteiger partial charge in [0.05, 0.1) is 12.9 Å². The maximum absolute atomic E-state index is 10.8. The van der Waals surface area contributed by atoms with Gasteiger partial charge in [0.25, 0.3) is 10.1 Å². The van der Waals surface area contributed by atoms with Crippen LogP contribution in [0.1, 0.15) is 71.1 Å². The summed E-state index contributed by atoms with van der Waals surface area (Å²) in [5.41, 5.74) is 0. The second kappa shape index (κ2) is 17.7. The van der Waals surface area contributed by atoms with Crippen LogP contribution in [0.15, 0.2) is 48.6 Å². The molecule has 0 bridgehead atoms. The van der Waals surface area contributed by atoms with Gasteiger partial charge in [0.15, 0.2) is 0 Å². The van der Waals surface area contributed by atoms with Gasteiger partial charge in [0.2, 0.25) is 0 Å². The zero-order chi connectivity index (χ0) is 18.6. The average Bonchev–Trinajstić information content (AvgIpc) is 2.56. The molecule has 0 amide bonds. The van der Waals surface area contributed by atoms with Crippen molar-refractivity contribution >= 4 is 10.1 Å². The third-order valence-electron chi connectivity index (χ3n) is 3.52. The smallest absolute Gasteiger partial charge is 0.264 e. The standard InChI is InChI=1S/C21H36O3S/c1-3-4-5-6-7-8-9-10-11-12-13-14-15-16-17-18-19-20-21-24-25(2,22)23/h7-8,10-11,13-14,16-17H,3-6,9,12,15,18-21H2,1-2H3/b8-7+,11-10+,14-13+,17-16+. The summed E-state index contributed by atoms with van der Waals surface area (Å²) in [5.74, 6) is 0. The van der Waals surface area contributed by atoms with Gasteiger partial charge < -0.3 is 0 Å². The first-order chi connectivity index (χ1) is 12.1. The molecule has 0 saturated carbocycles. The number of rotatable bonds is 16. The molecule has 0 aromatic carbocycles.